The molecule has 0 aromatic carbocycles. The molecule has 1 aliphatic rings. The number of unbranched alkanes of at least 4 members (excludes halogenated alkanes) is 1. The van der Waals surface area contributed by atoms with Gasteiger partial charge in [0.25, 0.3) is 0 Å². The molecule has 1 atom stereocenters. The highest BCUT2D eigenvalue weighted by molar-refractivity contribution is 4.75. The van der Waals surface area contributed by atoms with Gasteiger partial charge in [-0.3, -0.25) is 0 Å². The predicted molar refractivity (Wildman–Crippen MR) is 54.6 cm³/mol. The SMILES string of the molecule is [CH2]CCCC([CH2])C1CCCCC1. The van der Waals surface area contributed by atoms with E-state index in [1.807, 2.05) is 0 Å². The van der Waals surface area contributed by atoms with Crippen LogP contribution in [0.25, 0.3) is 0 Å². The van der Waals surface area contributed by atoms with E-state index in [2.05, 4.69) is 13.8 Å². The van der Waals surface area contributed by atoms with E-state index in [1.165, 1.54) is 44.9 Å². The van der Waals surface area contributed by atoms with Crippen molar-refractivity contribution >= 4 is 0 Å². The Kier molecular flexibility index (Phi) is 4.72. The van der Waals surface area contributed by atoms with Gasteiger partial charge in [0.15, 0.2) is 0 Å². The van der Waals surface area contributed by atoms with Gasteiger partial charge < -0.3 is 0 Å². The molecule has 0 aromatic rings. The molecule has 0 heteroatoms. The lowest BCUT2D eigenvalue weighted by atomic mass is 9.79. The summed E-state index contributed by atoms with van der Waals surface area (Å²) in [5.74, 6) is 1.65. The standard InChI is InChI=1S/C12H22/c1-3-4-8-11(2)12-9-6-5-7-10-12/h11-12H,1-10H2. The first-order chi connectivity index (χ1) is 5.84. The topological polar surface area (TPSA) is 0 Å². The van der Waals surface area contributed by atoms with Gasteiger partial charge >= 0.3 is 0 Å². The third kappa shape index (κ3) is 3.16. The molecule has 12 heavy (non-hydrogen) atoms. The Bertz CT molecular complexity index is 101. The molecular weight excluding hydrogens is 144 g/mol. The highest BCUT2D eigenvalue weighted by atomic mass is 14.2. The fourth-order valence-electron chi connectivity index (χ4n) is 2.25. The number of rotatable bonds is 4. The van der Waals surface area contributed by atoms with Gasteiger partial charge in [-0.15, -0.1) is 0 Å². The molecule has 0 bridgehead atoms. The summed E-state index contributed by atoms with van der Waals surface area (Å²) in [7, 11) is 0. The molecule has 1 aliphatic carbocycles. The van der Waals surface area contributed by atoms with Crippen molar-refractivity contribution in [3.8, 4) is 0 Å². The molecule has 0 spiro atoms. The van der Waals surface area contributed by atoms with Crippen molar-refractivity contribution in [1.82, 2.24) is 0 Å². The Balaban J connectivity index is 2.15. The summed E-state index contributed by atoms with van der Waals surface area (Å²) >= 11 is 0. The van der Waals surface area contributed by atoms with Crippen molar-refractivity contribution in [3.63, 3.8) is 0 Å². The number of hydrogen-bond acceptors (Lipinski definition) is 0. The van der Waals surface area contributed by atoms with E-state index in [1.54, 1.807) is 0 Å². The average Bonchev–Trinajstić information content (AvgIpc) is 2.15. The van der Waals surface area contributed by atoms with E-state index in [0.717, 1.165) is 12.3 Å². The summed E-state index contributed by atoms with van der Waals surface area (Å²) in [4.78, 5) is 0. The predicted octanol–water partition coefficient (Wildman–Crippen LogP) is 4.02. The molecule has 0 aromatic heterocycles. The molecule has 1 saturated carbocycles. The van der Waals surface area contributed by atoms with E-state index >= 15 is 0 Å². The Morgan fingerprint density at radius 2 is 1.83 bits per heavy atom. The molecule has 0 amide bonds. The second kappa shape index (κ2) is 5.61. The first-order valence-corrected chi connectivity index (χ1v) is 5.47. The lowest BCUT2D eigenvalue weighted by Gasteiger charge is -2.27. The second-order valence-corrected chi connectivity index (χ2v) is 4.15. The van der Waals surface area contributed by atoms with Gasteiger partial charge in [0.2, 0.25) is 0 Å². The third-order valence-electron chi connectivity index (χ3n) is 3.14. The van der Waals surface area contributed by atoms with Gasteiger partial charge in [0, 0.05) is 0 Å². The monoisotopic (exact) mass is 166 g/mol. The van der Waals surface area contributed by atoms with Crippen LogP contribution in [0.2, 0.25) is 0 Å². The minimum Gasteiger partial charge on any atom is -0.0533 e. The van der Waals surface area contributed by atoms with E-state index < -0.39 is 0 Å². The highest BCUT2D eigenvalue weighted by Crippen LogP contribution is 2.31. The number of hydrogen-bond donors (Lipinski definition) is 0. The van der Waals surface area contributed by atoms with Crippen LogP contribution in [0, 0.1) is 25.7 Å². The molecule has 0 nitrogen and oxygen atoms in total. The average molecular weight is 166 g/mol. The molecule has 2 radical (unpaired) electrons. The summed E-state index contributed by atoms with van der Waals surface area (Å²) in [6.07, 6.45) is 10.9. The second-order valence-electron chi connectivity index (χ2n) is 4.15. The third-order valence-corrected chi connectivity index (χ3v) is 3.14. The van der Waals surface area contributed by atoms with E-state index in [-0.39, 0.29) is 0 Å². The van der Waals surface area contributed by atoms with Crippen LogP contribution in [0.4, 0.5) is 0 Å². The van der Waals surface area contributed by atoms with Crippen LogP contribution in [-0.2, 0) is 0 Å². The zero-order valence-corrected chi connectivity index (χ0v) is 8.23. The van der Waals surface area contributed by atoms with Gasteiger partial charge in [-0.1, -0.05) is 58.3 Å². The maximum atomic E-state index is 4.27. The van der Waals surface area contributed by atoms with E-state index in [0.29, 0.717) is 5.92 Å². The van der Waals surface area contributed by atoms with Gasteiger partial charge in [0.1, 0.15) is 0 Å². The lowest BCUT2D eigenvalue weighted by molar-refractivity contribution is 0.270. The largest absolute Gasteiger partial charge is 0.0533 e. The van der Waals surface area contributed by atoms with Crippen molar-refractivity contribution in [2.24, 2.45) is 11.8 Å². The molecule has 0 N–H and O–H groups in total. The highest BCUT2D eigenvalue weighted by Gasteiger charge is 2.19. The van der Waals surface area contributed by atoms with Gasteiger partial charge in [-0.05, 0) is 18.8 Å². The van der Waals surface area contributed by atoms with E-state index in [9.17, 15) is 0 Å². The molecule has 1 fully saturated rings. The Morgan fingerprint density at radius 3 is 2.42 bits per heavy atom. The van der Waals surface area contributed by atoms with Crippen molar-refractivity contribution < 1.29 is 0 Å². The molecule has 0 heterocycles. The smallest absolute Gasteiger partial charge is 0.0386 e. The summed E-state index contributed by atoms with van der Waals surface area (Å²) < 4.78 is 0. The van der Waals surface area contributed by atoms with Crippen LogP contribution >= 0.6 is 0 Å². The van der Waals surface area contributed by atoms with Crippen LogP contribution < -0.4 is 0 Å². The van der Waals surface area contributed by atoms with Crippen LogP contribution in [0.15, 0.2) is 0 Å². The van der Waals surface area contributed by atoms with Crippen molar-refractivity contribution in [1.29, 1.82) is 0 Å². The first-order valence-electron chi connectivity index (χ1n) is 5.47. The van der Waals surface area contributed by atoms with Crippen molar-refractivity contribution in [2.45, 2.75) is 51.4 Å². The molecule has 1 unspecified atom stereocenters. The van der Waals surface area contributed by atoms with Crippen molar-refractivity contribution in [3.05, 3.63) is 13.8 Å². The minimum absolute atomic E-state index is 0.715. The Hall–Kier alpha value is 0. The fourth-order valence-corrected chi connectivity index (χ4v) is 2.25. The minimum atomic E-state index is 0.715. The van der Waals surface area contributed by atoms with E-state index in [4.69, 9.17) is 0 Å². The van der Waals surface area contributed by atoms with Crippen LogP contribution in [-0.4, -0.2) is 0 Å². The lowest BCUT2D eigenvalue weighted by Crippen LogP contribution is -2.15. The van der Waals surface area contributed by atoms with Crippen LogP contribution in [0.5, 0.6) is 0 Å². The van der Waals surface area contributed by atoms with Crippen molar-refractivity contribution in [2.75, 3.05) is 0 Å². The molecule has 0 aliphatic heterocycles. The summed E-state index contributed by atoms with van der Waals surface area (Å²) in [5.41, 5.74) is 0. The first kappa shape index (κ1) is 10.1. The fraction of sp³-hybridized carbons (Fsp3) is 0.833. The molecular formula is C12H22. The van der Waals surface area contributed by atoms with Crippen LogP contribution in [0.1, 0.15) is 51.4 Å². The molecule has 70 valence electrons. The Labute approximate surface area is 77.7 Å². The molecule has 0 saturated heterocycles. The zero-order chi connectivity index (χ0) is 8.81. The quantitative estimate of drug-likeness (QED) is 0.591. The van der Waals surface area contributed by atoms with Gasteiger partial charge in [-0.25, -0.2) is 0 Å². The summed E-state index contributed by atoms with van der Waals surface area (Å²) in [6, 6.07) is 0. The maximum Gasteiger partial charge on any atom is -0.0386 e. The van der Waals surface area contributed by atoms with Crippen LogP contribution in [0.3, 0.4) is 0 Å². The normalized spacial score (nSPS) is 22.5. The summed E-state index contributed by atoms with van der Waals surface area (Å²) in [5, 5.41) is 0. The maximum absolute atomic E-state index is 4.27. The Morgan fingerprint density at radius 1 is 1.17 bits per heavy atom. The zero-order valence-electron chi connectivity index (χ0n) is 8.23. The van der Waals surface area contributed by atoms with Gasteiger partial charge in [0.05, 0.1) is 0 Å². The molecule has 1 rings (SSSR count). The summed E-state index contributed by atoms with van der Waals surface area (Å²) in [6.45, 7) is 8.15. The van der Waals surface area contributed by atoms with Gasteiger partial charge in [-0.2, -0.15) is 0 Å².